The summed E-state index contributed by atoms with van der Waals surface area (Å²) in [5, 5.41) is 15.1. The van der Waals surface area contributed by atoms with Crippen molar-refractivity contribution in [3.8, 4) is 0 Å². The van der Waals surface area contributed by atoms with Crippen LogP contribution in [0.4, 0.5) is 0 Å². The van der Waals surface area contributed by atoms with Gasteiger partial charge >= 0.3 is 0 Å². The first-order valence-corrected chi connectivity index (χ1v) is 10.7. The molecule has 2 aromatic carbocycles. The molecule has 1 aromatic heterocycles. The van der Waals surface area contributed by atoms with Crippen molar-refractivity contribution in [1.29, 1.82) is 0 Å². The van der Waals surface area contributed by atoms with E-state index in [9.17, 15) is 9.90 Å². The maximum Gasteiger partial charge on any atom is 0.235 e. The standard InChI is InChI=1S/C23H22Cl2N2O3/c24-18-5-1-15(2-6-18)11-17(13-20(29)12-16-3-7-19(25)8-4-16)21-26-22(30-27-21)23(14-28)9-10-23/h1-8,17,28H,9-14H2/t17-/m1/s1. The minimum Gasteiger partial charge on any atom is -0.395 e. The molecular formula is C23H22Cl2N2O3. The van der Waals surface area contributed by atoms with Crippen molar-refractivity contribution in [3.05, 3.63) is 81.4 Å². The molecular weight excluding hydrogens is 423 g/mol. The molecule has 156 valence electrons. The molecule has 0 radical (unpaired) electrons. The molecule has 1 atom stereocenters. The normalized spacial score (nSPS) is 15.7. The van der Waals surface area contributed by atoms with Crippen LogP contribution in [-0.2, 0) is 23.1 Å². The largest absolute Gasteiger partial charge is 0.395 e. The fourth-order valence-electron chi connectivity index (χ4n) is 3.54. The molecule has 1 N–H and O–H groups in total. The number of aliphatic hydroxyl groups excluding tert-OH is 1. The first kappa shape index (κ1) is 21.0. The molecule has 0 saturated heterocycles. The van der Waals surface area contributed by atoms with Gasteiger partial charge in [-0.05, 0) is 54.7 Å². The van der Waals surface area contributed by atoms with Crippen molar-refractivity contribution in [3.63, 3.8) is 0 Å². The first-order valence-electron chi connectivity index (χ1n) is 9.93. The van der Waals surface area contributed by atoms with E-state index >= 15 is 0 Å². The summed E-state index contributed by atoms with van der Waals surface area (Å²) in [5.41, 5.74) is 1.56. The number of ketones is 1. The van der Waals surface area contributed by atoms with Crippen molar-refractivity contribution in [2.75, 3.05) is 6.61 Å². The van der Waals surface area contributed by atoms with Crippen LogP contribution in [0.2, 0.25) is 10.0 Å². The summed E-state index contributed by atoms with van der Waals surface area (Å²) in [6.07, 6.45) is 2.87. The summed E-state index contributed by atoms with van der Waals surface area (Å²) >= 11 is 11.9. The van der Waals surface area contributed by atoms with Gasteiger partial charge in [0.25, 0.3) is 0 Å². The van der Waals surface area contributed by atoms with Gasteiger partial charge in [-0.15, -0.1) is 0 Å². The zero-order valence-corrected chi connectivity index (χ0v) is 17.9. The van der Waals surface area contributed by atoms with Gasteiger partial charge in [0, 0.05) is 28.8 Å². The Labute approximate surface area is 185 Å². The number of rotatable bonds is 9. The number of hydrogen-bond acceptors (Lipinski definition) is 5. The number of carbonyl (C=O) groups is 1. The average Bonchev–Trinajstić information content (AvgIpc) is 3.38. The van der Waals surface area contributed by atoms with Gasteiger partial charge in [0.2, 0.25) is 5.89 Å². The molecule has 0 unspecified atom stereocenters. The van der Waals surface area contributed by atoms with Crippen LogP contribution in [0.3, 0.4) is 0 Å². The Hall–Kier alpha value is -2.21. The van der Waals surface area contributed by atoms with Crippen molar-refractivity contribution in [2.45, 2.75) is 43.4 Å². The Morgan fingerprint density at radius 2 is 1.63 bits per heavy atom. The van der Waals surface area contributed by atoms with E-state index in [4.69, 9.17) is 27.7 Å². The molecule has 1 aliphatic carbocycles. The summed E-state index contributed by atoms with van der Waals surface area (Å²) in [4.78, 5) is 17.4. The molecule has 7 heteroatoms. The number of nitrogens with zero attached hydrogens (tertiary/aromatic N) is 2. The van der Waals surface area contributed by atoms with Crippen molar-refractivity contribution < 1.29 is 14.4 Å². The Morgan fingerprint density at radius 1 is 1.03 bits per heavy atom. The van der Waals surface area contributed by atoms with Gasteiger partial charge in [0.05, 0.1) is 12.0 Å². The van der Waals surface area contributed by atoms with Crippen LogP contribution in [0.1, 0.15) is 48.0 Å². The van der Waals surface area contributed by atoms with Crippen molar-refractivity contribution in [2.24, 2.45) is 0 Å². The fourth-order valence-corrected chi connectivity index (χ4v) is 3.80. The Kier molecular flexibility index (Phi) is 6.23. The molecule has 4 rings (SSSR count). The van der Waals surface area contributed by atoms with E-state index in [1.807, 2.05) is 36.4 Å². The van der Waals surface area contributed by atoms with E-state index in [1.165, 1.54) is 0 Å². The number of Topliss-reactive ketones (excluding diaryl/α,β-unsaturated/α-hetero) is 1. The molecule has 1 fully saturated rings. The second-order valence-electron chi connectivity index (χ2n) is 7.97. The molecule has 5 nitrogen and oxygen atoms in total. The number of benzene rings is 2. The lowest BCUT2D eigenvalue weighted by Crippen LogP contribution is -2.15. The molecule has 1 aliphatic rings. The molecule has 0 bridgehead atoms. The Balaban J connectivity index is 1.53. The monoisotopic (exact) mass is 444 g/mol. The number of aliphatic hydroxyl groups is 1. The van der Waals surface area contributed by atoms with Crippen LogP contribution < -0.4 is 0 Å². The lowest BCUT2D eigenvalue weighted by molar-refractivity contribution is -0.118. The van der Waals surface area contributed by atoms with E-state index in [1.54, 1.807) is 12.1 Å². The SMILES string of the molecule is O=C(Cc1ccc(Cl)cc1)C[C@@H](Cc1ccc(Cl)cc1)c1noc(C2(CO)CC2)n1. The third-order valence-corrected chi connectivity index (χ3v) is 6.10. The van der Waals surface area contributed by atoms with Gasteiger partial charge in [0.15, 0.2) is 5.82 Å². The number of halogens is 2. The van der Waals surface area contributed by atoms with E-state index in [0.29, 0.717) is 34.6 Å². The minimum atomic E-state index is -0.399. The molecule has 3 aromatic rings. The molecule has 0 amide bonds. The van der Waals surface area contributed by atoms with Gasteiger partial charge in [-0.2, -0.15) is 4.98 Å². The zero-order chi connectivity index (χ0) is 21.1. The predicted molar refractivity (Wildman–Crippen MR) is 115 cm³/mol. The van der Waals surface area contributed by atoms with E-state index in [-0.39, 0.29) is 24.7 Å². The number of aromatic nitrogens is 2. The van der Waals surface area contributed by atoms with E-state index in [2.05, 4.69) is 10.1 Å². The quantitative estimate of drug-likeness (QED) is 0.506. The smallest absolute Gasteiger partial charge is 0.235 e. The lowest BCUT2D eigenvalue weighted by Gasteiger charge is -2.13. The third-order valence-electron chi connectivity index (χ3n) is 5.60. The van der Waals surface area contributed by atoms with Gasteiger partial charge in [-0.3, -0.25) is 4.79 Å². The molecule has 1 heterocycles. The van der Waals surface area contributed by atoms with Crippen LogP contribution >= 0.6 is 23.2 Å². The predicted octanol–water partition coefficient (Wildman–Crippen LogP) is 4.93. The summed E-state index contributed by atoms with van der Waals surface area (Å²) in [6.45, 7) is -0.00795. The summed E-state index contributed by atoms with van der Waals surface area (Å²) in [6, 6.07) is 14.8. The minimum absolute atomic E-state index is 0.00795. The summed E-state index contributed by atoms with van der Waals surface area (Å²) < 4.78 is 5.47. The molecule has 30 heavy (non-hydrogen) atoms. The van der Waals surface area contributed by atoms with Gasteiger partial charge < -0.3 is 9.63 Å². The topological polar surface area (TPSA) is 76.2 Å². The van der Waals surface area contributed by atoms with Gasteiger partial charge in [0.1, 0.15) is 5.78 Å². The highest BCUT2D eigenvalue weighted by Gasteiger charge is 2.49. The highest BCUT2D eigenvalue weighted by atomic mass is 35.5. The van der Waals surface area contributed by atoms with Crippen LogP contribution in [0.25, 0.3) is 0 Å². The van der Waals surface area contributed by atoms with Gasteiger partial charge in [-0.1, -0.05) is 52.6 Å². The number of carbonyl (C=O) groups excluding carboxylic acids is 1. The van der Waals surface area contributed by atoms with E-state index < -0.39 is 5.41 Å². The second kappa shape index (κ2) is 8.88. The van der Waals surface area contributed by atoms with Crippen LogP contribution in [-0.4, -0.2) is 27.6 Å². The fraction of sp³-hybridized carbons (Fsp3) is 0.348. The van der Waals surface area contributed by atoms with E-state index in [0.717, 1.165) is 24.0 Å². The molecule has 0 spiro atoms. The third kappa shape index (κ3) is 4.91. The molecule has 0 aliphatic heterocycles. The van der Waals surface area contributed by atoms with Gasteiger partial charge in [-0.25, -0.2) is 0 Å². The van der Waals surface area contributed by atoms with Crippen LogP contribution in [0.5, 0.6) is 0 Å². The highest BCUT2D eigenvalue weighted by Crippen LogP contribution is 2.47. The lowest BCUT2D eigenvalue weighted by atomic mass is 9.91. The maximum absolute atomic E-state index is 12.8. The maximum atomic E-state index is 12.8. The second-order valence-corrected chi connectivity index (χ2v) is 8.84. The van der Waals surface area contributed by atoms with Crippen LogP contribution in [0.15, 0.2) is 53.1 Å². The first-order chi connectivity index (χ1) is 14.5. The summed E-state index contributed by atoms with van der Waals surface area (Å²) in [5.74, 6) is 0.833. The average molecular weight is 445 g/mol. The van der Waals surface area contributed by atoms with Crippen LogP contribution in [0, 0.1) is 0 Å². The Morgan fingerprint density at radius 3 is 2.20 bits per heavy atom. The van der Waals surface area contributed by atoms with Crippen molar-refractivity contribution in [1.82, 2.24) is 10.1 Å². The van der Waals surface area contributed by atoms with Crippen molar-refractivity contribution >= 4 is 29.0 Å². The summed E-state index contributed by atoms with van der Waals surface area (Å²) in [7, 11) is 0. The highest BCUT2D eigenvalue weighted by molar-refractivity contribution is 6.30. The molecule has 1 saturated carbocycles. The Bertz CT molecular complexity index is 1010. The number of hydrogen-bond donors (Lipinski definition) is 1. The zero-order valence-electron chi connectivity index (χ0n) is 16.4.